The van der Waals surface area contributed by atoms with Gasteiger partial charge in [0.2, 0.25) is 15.9 Å². The molecule has 0 saturated carbocycles. The average molecular weight is 495 g/mol. The van der Waals surface area contributed by atoms with E-state index < -0.39 is 21.9 Å². The molecule has 1 heterocycles. The number of sulfonamides is 1. The standard InChI is InChI=1S/C27H30N2O5S/c1-28(17-20-10-6-4-7-11-20)27(30)25-19-29(35(31,32)22-12-8-5-9-13-22)18-24(25)23-16-21(33-2)14-15-26(23)34-3/h4-16,24-25H,17-19H2,1-3H3. The van der Waals surface area contributed by atoms with Gasteiger partial charge in [-0.05, 0) is 35.9 Å². The molecule has 8 heteroatoms. The zero-order valence-electron chi connectivity index (χ0n) is 20.1. The van der Waals surface area contributed by atoms with Gasteiger partial charge in [0.05, 0.1) is 25.0 Å². The Labute approximate surface area is 206 Å². The van der Waals surface area contributed by atoms with Crippen molar-refractivity contribution in [1.29, 1.82) is 0 Å². The number of hydrogen-bond acceptors (Lipinski definition) is 5. The van der Waals surface area contributed by atoms with Crippen LogP contribution >= 0.6 is 0 Å². The van der Waals surface area contributed by atoms with Crippen LogP contribution in [0.15, 0.2) is 83.8 Å². The maximum absolute atomic E-state index is 13.7. The number of benzene rings is 3. The molecule has 0 spiro atoms. The van der Waals surface area contributed by atoms with E-state index in [0.29, 0.717) is 18.0 Å². The number of amides is 1. The largest absolute Gasteiger partial charge is 0.497 e. The third-order valence-electron chi connectivity index (χ3n) is 6.46. The van der Waals surface area contributed by atoms with Crippen LogP contribution in [0.5, 0.6) is 11.5 Å². The molecule has 7 nitrogen and oxygen atoms in total. The smallest absolute Gasteiger partial charge is 0.243 e. The normalized spacial score (nSPS) is 18.3. The summed E-state index contributed by atoms with van der Waals surface area (Å²) in [6, 6.07) is 23.5. The van der Waals surface area contributed by atoms with Gasteiger partial charge in [0, 0.05) is 38.2 Å². The van der Waals surface area contributed by atoms with Gasteiger partial charge in [-0.2, -0.15) is 4.31 Å². The summed E-state index contributed by atoms with van der Waals surface area (Å²) in [5.74, 6) is 0.120. The lowest BCUT2D eigenvalue weighted by molar-refractivity contribution is -0.134. The van der Waals surface area contributed by atoms with Crippen molar-refractivity contribution in [2.45, 2.75) is 17.4 Å². The number of carbonyl (C=O) groups is 1. The van der Waals surface area contributed by atoms with E-state index in [2.05, 4.69) is 0 Å². The number of methoxy groups -OCH3 is 2. The summed E-state index contributed by atoms with van der Waals surface area (Å²) in [7, 11) is 1.12. The van der Waals surface area contributed by atoms with Crippen molar-refractivity contribution in [3.63, 3.8) is 0 Å². The second-order valence-corrected chi connectivity index (χ2v) is 10.6. The van der Waals surface area contributed by atoms with Crippen molar-refractivity contribution in [1.82, 2.24) is 9.21 Å². The molecule has 4 rings (SSSR count). The van der Waals surface area contributed by atoms with Gasteiger partial charge in [-0.15, -0.1) is 0 Å². The van der Waals surface area contributed by atoms with Crippen LogP contribution in [0.4, 0.5) is 0 Å². The number of rotatable bonds is 8. The van der Waals surface area contributed by atoms with E-state index in [-0.39, 0.29) is 23.9 Å². The molecule has 0 N–H and O–H groups in total. The molecule has 1 saturated heterocycles. The van der Waals surface area contributed by atoms with Gasteiger partial charge in [-0.1, -0.05) is 48.5 Å². The predicted octanol–water partition coefficient (Wildman–Crippen LogP) is 3.77. The van der Waals surface area contributed by atoms with Crippen LogP contribution < -0.4 is 9.47 Å². The highest BCUT2D eigenvalue weighted by Crippen LogP contribution is 2.41. The fourth-order valence-electron chi connectivity index (χ4n) is 4.62. The van der Waals surface area contributed by atoms with Crippen LogP contribution in [-0.2, 0) is 21.4 Å². The maximum Gasteiger partial charge on any atom is 0.243 e. The fraction of sp³-hybridized carbons (Fsp3) is 0.296. The Bertz CT molecular complexity index is 1270. The lowest BCUT2D eigenvalue weighted by Crippen LogP contribution is -2.36. The number of hydrogen-bond donors (Lipinski definition) is 0. The quantitative estimate of drug-likeness (QED) is 0.477. The summed E-state index contributed by atoms with van der Waals surface area (Å²) in [5, 5.41) is 0. The van der Waals surface area contributed by atoms with Crippen molar-refractivity contribution in [2.75, 3.05) is 34.4 Å². The minimum atomic E-state index is -3.78. The maximum atomic E-state index is 13.7. The van der Waals surface area contributed by atoms with Crippen LogP contribution in [0, 0.1) is 5.92 Å². The zero-order chi connectivity index (χ0) is 25.0. The average Bonchev–Trinajstić information content (AvgIpc) is 3.35. The molecule has 3 aromatic carbocycles. The van der Waals surface area contributed by atoms with Gasteiger partial charge in [0.15, 0.2) is 0 Å². The molecule has 1 amide bonds. The first-order chi connectivity index (χ1) is 16.8. The Kier molecular flexibility index (Phi) is 7.42. The first-order valence-corrected chi connectivity index (χ1v) is 12.8. The van der Waals surface area contributed by atoms with Gasteiger partial charge >= 0.3 is 0 Å². The van der Waals surface area contributed by atoms with Crippen LogP contribution in [0.25, 0.3) is 0 Å². The first kappa shape index (κ1) is 24.8. The molecule has 2 unspecified atom stereocenters. The minimum Gasteiger partial charge on any atom is -0.497 e. The van der Waals surface area contributed by atoms with E-state index in [1.165, 1.54) is 4.31 Å². The third kappa shape index (κ3) is 5.18. The SMILES string of the molecule is COc1ccc(OC)c(C2CN(S(=O)(=O)c3ccccc3)CC2C(=O)N(C)Cc2ccccc2)c1. The third-order valence-corrected chi connectivity index (χ3v) is 8.31. The Hall–Kier alpha value is -3.36. The molecular formula is C27H30N2O5S. The molecule has 0 bridgehead atoms. The van der Waals surface area contributed by atoms with Gasteiger partial charge in [-0.25, -0.2) is 8.42 Å². The van der Waals surface area contributed by atoms with E-state index in [0.717, 1.165) is 11.1 Å². The van der Waals surface area contributed by atoms with E-state index in [1.807, 2.05) is 36.4 Å². The molecule has 3 aromatic rings. The van der Waals surface area contributed by atoms with Crippen molar-refractivity contribution >= 4 is 15.9 Å². The summed E-state index contributed by atoms with van der Waals surface area (Å²) in [6.45, 7) is 0.681. The summed E-state index contributed by atoms with van der Waals surface area (Å²) >= 11 is 0. The Morgan fingerprint density at radius 3 is 2.23 bits per heavy atom. The number of ether oxygens (including phenoxy) is 2. The summed E-state index contributed by atoms with van der Waals surface area (Å²) in [4.78, 5) is 15.6. The first-order valence-electron chi connectivity index (χ1n) is 11.4. The van der Waals surface area contributed by atoms with Gasteiger partial charge in [0.25, 0.3) is 0 Å². The molecule has 35 heavy (non-hydrogen) atoms. The second kappa shape index (κ2) is 10.5. The molecule has 2 atom stereocenters. The molecule has 1 fully saturated rings. The zero-order valence-corrected chi connectivity index (χ0v) is 20.9. The Balaban J connectivity index is 1.71. The summed E-state index contributed by atoms with van der Waals surface area (Å²) < 4.78 is 39.3. The van der Waals surface area contributed by atoms with Gasteiger partial charge < -0.3 is 14.4 Å². The van der Waals surface area contributed by atoms with E-state index in [4.69, 9.17) is 9.47 Å². The number of nitrogens with zero attached hydrogens (tertiary/aromatic N) is 2. The second-order valence-electron chi connectivity index (χ2n) is 8.64. The van der Waals surface area contributed by atoms with Gasteiger partial charge in [-0.3, -0.25) is 4.79 Å². The highest BCUT2D eigenvalue weighted by molar-refractivity contribution is 7.89. The molecule has 184 valence electrons. The Morgan fingerprint density at radius 1 is 0.943 bits per heavy atom. The number of carbonyl (C=O) groups excluding carboxylic acids is 1. The highest BCUT2D eigenvalue weighted by atomic mass is 32.2. The van der Waals surface area contributed by atoms with Crippen LogP contribution in [0.2, 0.25) is 0 Å². The van der Waals surface area contributed by atoms with Crippen LogP contribution in [0.1, 0.15) is 17.0 Å². The van der Waals surface area contributed by atoms with Crippen molar-refractivity contribution in [2.24, 2.45) is 5.92 Å². The van der Waals surface area contributed by atoms with Crippen LogP contribution in [0.3, 0.4) is 0 Å². The molecule has 0 aliphatic carbocycles. The van der Waals surface area contributed by atoms with E-state index in [1.54, 1.807) is 68.6 Å². The highest BCUT2D eigenvalue weighted by Gasteiger charge is 2.45. The molecule has 1 aliphatic heterocycles. The lowest BCUT2D eigenvalue weighted by atomic mass is 9.87. The molecule has 0 radical (unpaired) electrons. The molecule has 1 aliphatic rings. The monoisotopic (exact) mass is 494 g/mol. The van der Waals surface area contributed by atoms with Crippen molar-refractivity contribution in [3.8, 4) is 11.5 Å². The van der Waals surface area contributed by atoms with Crippen molar-refractivity contribution in [3.05, 3.63) is 90.0 Å². The summed E-state index contributed by atoms with van der Waals surface area (Å²) in [6.07, 6.45) is 0. The lowest BCUT2D eigenvalue weighted by Gasteiger charge is -2.26. The summed E-state index contributed by atoms with van der Waals surface area (Å²) in [5.41, 5.74) is 1.76. The fourth-order valence-corrected chi connectivity index (χ4v) is 6.13. The van der Waals surface area contributed by atoms with E-state index in [9.17, 15) is 13.2 Å². The topological polar surface area (TPSA) is 76.1 Å². The predicted molar refractivity (Wildman–Crippen MR) is 134 cm³/mol. The van der Waals surface area contributed by atoms with Crippen molar-refractivity contribution < 1.29 is 22.7 Å². The minimum absolute atomic E-state index is 0.0836. The molecule has 0 aromatic heterocycles. The molecular weight excluding hydrogens is 464 g/mol. The Morgan fingerprint density at radius 2 is 1.60 bits per heavy atom. The van der Waals surface area contributed by atoms with E-state index >= 15 is 0 Å². The van der Waals surface area contributed by atoms with Crippen LogP contribution in [-0.4, -0.2) is 57.9 Å². The van der Waals surface area contributed by atoms with Gasteiger partial charge in [0.1, 0.15) is 11.5 Å².